The van der Waals surface area contributed by atoms with Crippen LogP contribution in [0.25, 0.3) is 10.1 Å². The van der Waals surface area contributed by atoms with Gasteiger partial charge in [0.2, 0.25) is 0 Å². The number of aryl methyl sites for hydroxylation is 1. The van der Waals surface area contributed by atoms with Crippen LogP contribution in [0, 0.1) is 6.92 Å². The van der Waals surface area contributed by atoms with Gasteiger partial charge in [0, 0.05) is 20.8 Å². The van der Waals surface area contributed by atoms with Crippen molar-refractivity contribution in [3.05, 3.63) is 63.0 Å². The lowest BCUT2D eigenvalue weighted by molar-refractivity contribution is 0.103. The molecule has 0 unspecified atom stereocenters. The van der Waals surface area contributed by atoms with E-state index in [-0.39, 0.29) is 5.91 Å². The highest BCUT2D eigenvalue weighted by atomic mass is 35.5. The average molecular weight is 336 g/mol. The minimum Gasteiger partial charge on any atom is -0.321 e. The molecule has 0 spiro atoms. The number of anilines is 1. The lowest BCUT2D eigenvalue weighted by Crippen LogP contribution is -2.11. The van der Waals surface area contributed by atoms with Gasteiger partial charge in [-0.2, -0.15) is 0 Å². The lowest BCUT2D eigenvalue weighted by Gasteiger charge is -2.08. The van der Waals surface area contributed by atoms with Crippen molar-refractivity contribution in [2.24, 2.45) is 0 Å². The molecule has 0 saturated carbocycles. The fraction of sp³-hybridized carbons (Fsp3) is 0.0625. The number of fused-ring (bicyclic) bond motifs is 1. The number of carbonyl (C=O) groups excluding carboxylic acids is 1. The molecule has 0 aliphatic carbocycles. The second kappa shape index (κ2) is 5.68. The minimum absolute atomic E-state index is 0.216. The first-order valence-corrected chi connectivity index (χ1v) is 7.88. The van der Waals surface area contributed by atoms with E-state index in [4.69, 9.17) is 23.2 Å². The Hall–Kier alpha value is -1.55. The molecule has 0 saturated heterocycles. The molecule has 3 aromatic rings. The van der Waals surface area contributed by atoms with Crippen LogP contribution in [0.4, 0.5) is 5.69 Å². The Morgan fingerprint density at radius 1 is 1.14 bits per heavy atom. The first kappa shape index (κ1) is 14.4. The highest BCUT2D eigenvalue weighted by molar-refractivity contribution is 7.21. The van der Waals surface area contributed by atoms with Crippen molar-refractivity contribution >= 4 is 56.2 Å². The summed E-state index contributed by atoms with van der Waals surface area (Å²) in [5, 5.41) is 4.85. The van der Waals surface area contributed by atoms with Gasteiger partial charge >= 0.3 is 0 Å². The van der Waals surface area contributed by atoms with Crippen molar-refractivity contribution in [3.63, 3.8) is 0 Å². The van der Waals surface area contributed by atoms with E-state index >= 15 is 0 Å². The van der Waals surface area contributed by atoms with Crippen molar-refractivity contribution in [2.75, 3.05) is 5.32 Å². The molecule has 0 fully saturated rings. The Morgan fingerprint density at radius 2 is 1.90 bits per heavy atom. The second-order valence-corrected chi connectivity index (χ2v) is 6.52. The molecule has 0 aliphatic heterocycles. The maximum atomic E-state index is 12.4. The van der Waals surface area contributed by atoms with Gasteiger partial charge in [-0.3, -0.25) is 4.79 Å². The normalized spacial score (nSPS) is 10.8. The molecule has 1 aromatic heterocycles. The first-order chi connectivity index (χ1) is 10.1. The predicted octanol–water partition coefficient (Wildman–Crippen LogP) is 5.77. The Morgan fingerprint density at radius 3 is 2.67 bits per heavy atom. The minimum atomic E-state index is -0.216. The number of hydrogen-bond acceptors (Lipinski definition) is 2. The molecule has 5 heteroatoms. The third-order valence-corrected chi connectivity index (χ3v) is 5.10. The first-order valence-electron chi connectivity index (χ1n) is 6.31. The van der Waals surface area contributed by atoms with Gasteiger partial charge in [0.05, 0.1) is 5.02 Å². The van der Waals surface area contributed by atoms with Crippen molar-refractivity contribution < 1.29 is 4.79 Å². The maximum absolute atomic E-state index is 12.4. The summed E-state index contributed by atoms with van der Waals surface area (Å²) in [5.41, 5.74) is 1.64. The smallest absolute Gasteiger partial charge is 0.267 e. The molecular weight excluding hydrogens is 325 g/mol. The van der Waals surface area contributed by atoms with Gasteiger partial charge < -0.3 is 5.32 Å². The van der Waals surface area contributed by atoms with E-state index in [1.165, 1.54) is 11.3 Å². The Bertz CT molecular complexity index is 841. The van der Waals surface area contributed by atoms with Gasteiger partial charge in [-0.25, -0.2) is 0 Å². The molecule has 3 rings (SSSR count). The molecule has 0 atom stereocenters. The molecule has 0 radical (unpaired) electrons. The van der Waals surface area contributed by atoms with Crippen LogP contribution in [-0.2, 0) is 0 Å². The number of hydrogen-bond donors (Lipinski definition) is 1. The van der Waals surface area contributed by atoms with Crippen LogP contribution in [-0.4, -0.2) is 5.91 Å². The maximum Gasteiger partial charge on any atom is 0.267 e. The predicted molar refractivity (Wildman–Crippen MR) is 91.0 cm³/mol. The van der Waals surface area contributed by atoms with Gasteiger partial charge in [-0.05, 0) is 30.7 Å². The van der Waals surface area contributed by atoms with E-state index in [0.29, 0.717) is 20.6 Å². The van der Waals surface area contributed by atoms with Gasteiger partial charge in [0.25, 0.3) is 5.91 Å². The third-order valence-electron chi connectivity index (χ3n) is 3.19. The molecule has 2 aromatic carbocycles. The number of rotatable bonds is 2. The van der Waals surface area contributed by atoms with Crippen molar-refractivity contribution in [3.8, 4) is 0 Å². The summed E-state index contributed by atoms with van der Waals surface area (Å²) in [5.74, 6) is -0.216. The Balaban J connectivity index is 1.97. The number of nitrogens with one attached hydrogen (secondary N) is 1. The molecule has 2 nitrogen and oxygen atoms in total. The molecule has 1 heterocycles. The summed E-state index contributed by atoms with van der Waals surface area (Å²) in [6, 6.07) is 13.1. The quantitative estimate of drug-likeness (QED) is 0.632. The number of thiophene rings is 1. The lowest BCUT2D eigenvalue weighted by atomic mass is 10.2. The van der Waals surface area contributed by atoms with Crippen molar-refractivity contribution in [2.45, 2.75) is 6.92 Å². The van der Waals surface area contributed by atoms with Crippen LogP contribution in [0.15, 0.2) is 42.5 Å². The largest absolute Gasteiger partial charge is 0.321 e. The van der Waals surface area contributed by atoms with Gasteiger partial charge in [0.15, 0.2) is 0 Å². The Kier molecular flexibility index (Phi) is 3.89. The molecule has 0 aliphatic rings. The summed E-state index contributed by atoms with van der Waals surface area (Å²) >= 11 is 13.7. The van der Waals surface area contributed by atoms with E-state index in [1.54, 1.807) is 12.1 Å². The van der Waals surface area contributed by atoms with E-state index < -0.39 is 0 Å². The van der Waals surface area contributed by atoms with E-state index in [0.717, 1.165) is 15.6 Å². The average Bonchev–Trinajstić information content (AvgIpc) is 2.81. The molecular formula is C16H11Cl2NOS. The fourth-order valence-electron chi connectivity index (χ4n) is 2.07. The highest BCUT2D eigenvalue weighted by Crippen LogP contribution is 2.35. The summed E-state index contributed by atoms with van der Waals surface area (Å²) in [6.07, 6.45) is 0. The van der Waals surface area contributed by atoms with E-state index in [1.807, 2.05) is 37.3 Å². The standard InChI is InChI=1S/C16H11Cl2NOS/c1-9-6-7-10(17)8-12(9)19-16(20)15-14(18)11-4-2-3-5-13(11)21-15/h2-8H,1H3,(H,19,20). The van der Waals surface area contributed by atoms with Crippen molar-refractivity contribution in [1.82, 2.24) is 0 Å². The van der Waals surface area contributed by atoms with Crippen LogP contribution in [0.1, 0.15) is 15.2 Å². The van der Waals surface area contributed by atoms with Crippen molar-refractivity contribution in [1.29, 1.82) is 0 Å². The van der Waals surface area contributed by atoms with Crippen LogP contribution >= 0.6 is 34.5 Å². The van der Waals surface area contributed by atoms with E-state index in [9.17, 15) is 4.79 Å². The molecule has 106 valence electrons. The summed E-state index contributed by atoms with van der Waals surface area (Å²) < 4.78 is 0.996. The molecule has 1 amide bonds. The topological polar surface area (TPSA) is 29.1 Å². The zero-order chi connectivity index (χ0) is 15.0. The van der Waals surface area contributed by atoms with Crippen LogP contribution in [0.2, 0.25) is 10.0 Å². The van der Waals surface area contributed by atoms with Gasteiger partial charge in [0.1, 0.15) is 4.88 Å². The highest BCUT2D eigenvalue weighted by Gasteiger charge is 2.17. The number of halogens is 2. The molecule has 1 N–H and O–H groups in total. The fourth-order valence-corrected chi connectivity index (χ4v) is 3.65. The molecule has 0 bridgehead atoms. The van der Waals surface area contributed by atoms with Gasteiger partial charge in [-0.15, -0.1) is 11.3 Å². The third kappa shape index (κ3) is 2.77. The van der Waals surface area contributed by atoms with Crippen LogP contribution < -0.4 is 5.32 Å². The number of amides is 1. The van der Waals surface area contributed by atoms with Crippen LogP contribution in [0.3, 0.4) is 0 Å². The second-order valence-electron chi connectivity index (χ2n) is 4.65. The van der Waals surface area contributed by atoms with Crippen LogP contribution in [0.5, 0.6) is 0 Å². The number of carbonyl (C=O) groups is 1. The monoisotopic (exact) mass is 335 g/mol. The summed E-state index contributed by atoms with van der Waals surface area (Å²) in [4.78, 5) is 13.0. The number of benzene rings is 2. The summed E-state index contributed by atoms with van der Waals surface area (Å²) in [6.45, 7) is 1.92. The van der Waals surface area contributed by atoms with Gasteiger partial charge in [-0.1, -0.05) is 47.5 Å². The molecule has 21 heavy (non-hydrogen) atoms. The zero-order valence-electron chi connectivity index (χ0n) is 11.1. The van der Waals surface area contributed by atoms with E-state index in [2.05, 4.69) is 5.32 Å². The Labute approximate surface area is 136 Å². The summed E-state index contributed by atoms with van der Waals surface area (Å²) in [7, 11) is 0. The zero-order valence-corrected chi connectivity index (χ0v) is 13.4. The SMILES string of the molecule is Cc1ccc(Cl)cc1NC(=O)c1sc2ccccc2c1Cl.